The lowest BCUT2D eigenvalue weighted by molar-refractivity contribution is -0.137. The Morgan fingerprint density at radius 1 is 1.10 bits per heavy atom. The van der Waals surface area contributed by atoms with Crippen LogP contribution in [0.4, 0.5) is 0 Å². The molecule has 156 valence electrons. The van der Waals surface area contributed by atoms with Crippen molar-refractivity contribution in [1.29, 1.82) is 0 Å². The summed E-state index contributed by atoms with van der Waals surface area (Å²) in [7, 11) is 0. The highest BCUT2D eigenvalue weighted by atomic mass is 79.9. The summed E-state index contributed by atoms with van der Waals surface area (Å²) in [6.07, 6.45) is 1.73. The number of nitrogens with one attached hydrogen (secondary N) is 2. The normalized spacial score (nSPS) is 12.4. The number of amides is 2. The van der Waals surface area contributed by atoms with Crippen molar-refractivity contribution in [2.24, 2.45) is 0 Å². The van der Waals surface area contributed by atoms with E-state index in [1.54, 1.807) is 42.5 Å². The molecule has 0 saturated carbocycles. The van der Waals surface area contributed by atoms with Crippen molar-refractivity contribution >= 4 is 39.8 Å². The largest absolute Gasteiger partial charge is 0.481 e. The van der Waals surface area contributed by atoms with Crippen LogP contribution in [0.15, 0.2) is 52.6 Å². The quantitative estimate of drug-likeness (QED) is 0.400. The first-order chi connectivity index (χ1) is 14.4. The smallest absolute Gasteiger partial charge is 0.303 e. The number of benzene rings is 2. The third-order valence-electron chi connectivity index (χ3n) is 4.14. The van der Waals surface area contributed by atoms with Gasteiger partial charge in [0.15, 0.2) is 11.5 Å². The maximum absolute atomic E-state index is 12.7. The van der Waals surface area contributed by atoms with E-state index >= 15 is 0 Å². The molecule has 8 nitrogen and oxygen atoms in total. The molecule has 1 aliphatic heterocycles. The van der Waals surface area contributed by atoms with Crippen LogP contribution in [0.2, 0.25) is 0 Å². The van der Waals surface area contributed by atoms with Gasteiger partial charge in [0.1, 0.15) is 5.70 Å². The van der Waals surface area contributed by atoms with Gasteiger partial charge in [-0.1, -0.05) is 28.1 Å². The average molecular weight is 475 g/mol. The standard InChI is InChI=1S/C21H19BrN2O6/c22-15-4-1-3-14(11-15)20(27)24-16(21(28)23-8-2-5-19(25)26)9-13-6-7-17-18(10-13)30-12-29-17/h1,3-4,6-7,9-11H,2,5,8,12H2,(H,23,28)(H,24,27)(H,25,26). The Bertz CT molecular complexity index is 1000. The number of hydrogen-bond acceptors (Lipinski definition) is 5. The van der Waals surface area contributed by atoms with E-state index in [9.17, 15) is 14.4 Å². The summed E-state index contributed by atoms with van der Waals surface area (Å²) in [4.78, 5) is 35.9. The summed E-state index contributed by atoms with van der Waals surface area (Å²) < 4.78 is 11.4. The molecule has 3 rings (SSSR count). The minimum absolute atomic E-state index is 0.0224. The summed E-state index contributed by atoms with van der Waals surface area (Å²) in [5.41, 5.74) is 1.03. The van der Waals surface area contributed by atoms with E-state index in [1.807, 2.05) is 0 Å². The molecular formula is C21H19BrN2O6. The van der Waals surface area contributed by atoms with Crippen LogP contribution in [-0.2, 0) is 9.59 Å². The Kier molecular flexibility index (Phi) is 7.08. The maximum Gasteiger partial charge on any atom is 0.303 e. The molecule has 1 heterocycles. The zero-order valence-corrected chi connectivity index (χ0v) is 17.4. The number of carbonyl (C=O) groups is 3. The molecule has 0 spiro atoms. The van der Waals surface area contributed by atoms with Gasteiger partial charge in [-0.2, -0.15) is 0 Å². The minimum atomic E-state index is -0.941. The molecule has 2 aromatic rings. The Morgan fingerprint density at radius 3 is 2.67 bits per heavy atom. The van der Waals surface area contributed by atoms with E-state index < -0.39 is 17.8 Å². The second kappa shape index (κ2) is 9.93. The third kappa shape index (κ3) is 5.84. The molecule has 1 aliphatic rings. The highest BCUT2D eigenvalue weighted by molar-refractivity contribution is 9.10. The van der Waals surface area contributed by atoms with E-state index in [0.717, 1.165) is 4.47 Å². The lowest BCUT2D eigenvalue weighted by Crippen LogP contribution is -2.35. The zero-order valence-electron chi connectivity index (χ0n) is 15.8. The lowest BCUT2D eigenvalue weighted by atomic mass is 10.1. The van der Waals surface area contributed by atoms with Crippen molar-refractivity contribution in [3.63, 3.8) is 0 Å². The van der Waals surface area contributed by atoms with Gasteiger partial charge in [0, 0.05) is 23.0 Å². The fourth-order valence-electron chi connectivity index (χ4n) is 2.69. The minimum Gasteiger partial charge on any atom is -0.481 e. The number of aliphatic carboxylic acids is 1. The van der Waals surface area contributed by atoms with Crippen LogP contribution in [0.5, 0.6) is 11.5 Å². The second-order valence-corrected chi connectivity index (χ2v) is 7.30. The Balaban J connectivity index is 1.79. The molecule has 0 fully saturated rings. The molecule has 0 bridgehead atoms. The predicted molar refractivity (Wildman–Crippen MR) is 112 cm³/mol. The van der Waals surface area contributed by atoms with E-state index in [0.29, 0.717) is 22.6 Å². The number of carbonyl (C=O) groups excluding carboxylic acids is 2. The van der Waals surface area contributed by atoms with Gasteiger partial charge < -0.3 is 25.2 Å². The van der Waals surface area contributed by atoms with Gasteiger partial charge in [-0.15, -0.1) is 0 Å². The van der Waals surface area contributed by atoms with Crippen LogP contribution >= 0.6 is 15.9 Å². The number of rotatable bonds is 8. The number of halogens is 1. The Morgan fingerprint density at radius 2 is 1.90 bits per heavy atom. The fourth-order valence-corrected chi connectivity index (χ4v) is 3.09. The topological polar surface area (TPSA) is 114 Å². The highest BCUT2D eigenvalue weighted by Crippen LogP contribution is 2.33. The second-order valence-electron chi connectivity index (χ2n) is 6.39. The van der Waals surface area contributed by atoms with Gasteiger partial charge in [0.2, 0.25) is 6.79 Å². The average Bonchev–Trinajstić information content (AvgIpc) is 3.18. The molecule has 0 unspecified atom stereocenters. The Labute approximate surface area is 181 Å². The molecule has 9 heteroatoms. The predicted octanol–water partition coefficient (Wildman–Crippen LogP) is 2.93. The third-order valence-corrected chi connectivity index (χ3v) is 4.63. The molecular weight excluding hydrogens is 456 g/mol. The van der Waals surface area contributed by atoms with Crippen molar-refractivity contribution < 1.29 is 29.0 Å². The fraction of sp³-hybridized carbons (Fsp3) is 0.190. The van der Waals surface area contributed by atoms with E-state index in [4.69, 9.17) is 14.6 Å². The van der Waals surface area contributed by atoms with Crippen molar-refractivity contribution in [2.45, 2.75) is 12.8 Å². The van der Waals surface area contributed by atoms with E-state index in [-0.39, 0.29) is 31.9 Å². The van der Waals surface area contributed by atoms with Crippen LogP contribution in [0, 0.1) is 0 Å². The van der Waals surface area contributed by atoms with Gasteiger partial charge in [-0.25, -0.2) is 0 Å². The van der Waals surface area contributed by atoms with E-state index in [1.165, 1.54) is 6.08 Å². The molecule has 0 radical (unpaired) electrons. The van der Waals surface area contributed by atoms with Crippen molar-refractivity contribution in [1.82, 2.24) is 10.6 Å². The molecule has 30 heavy (non-hydrogen) atoms. The maximum atomic E-state index is 12.7. The first kappa shape index (κ1) is 21.4. The molecule has 0 aliphatic carbocycles. The summed E-state index contributed by atoms with van der Waals surface area (Å²) in [6, 6.07) is 11.9. The monoisotopic (exact) mass is 474 g/mol. The van der Waals surface area contributed by atoms with Gasteiger partial charge in [0.25, 0.3) is 11.8 Å². The molecule has 0 saturated heterocycles. The van der Waals surface area contributed by atoms with Crippen LogP contribution in [-0.4, -0.2) is 36.2 Å². The molecule has 2 aromatic carbocycles. The van der Waals surface area contributed by atoms with Crippen molar-refractivity contribution in [3.8, 4) is 11.5 Å². The van der Waals surface area contributed by atoms with Crippen LogP contribution < -0.4 is 20.1 Å². The van der Waals surface area contributed by atoms with Gasteiger partial charge in [-0.05, 0) is 48.4 Å². The highest BCUT2D eigenvalue weighted by Gasteiger charge is 2.17. The summed E-state index contributed by atoms with van der Waals surface area (Å²) in [6.45, 7) is 0.287. The van der Waals surface area contributed by atoms with Crippen LogP contribution in [0.25, 0.3) is 6.08 Å². The van der Waals surface area contributed by atoms with Crippen molar-refractivity contribution in [2.75, 3.05) is 13.3 Å². The number of fused-ring (bicyclic) bond motifs is 1. The van der Waals surface area contributed by atoms with Gasteiger partial charge in [0.05, 0.1) is 0 Å². The lowest BCUT2D eigenvalue weighted by Gasteiger charge is -2.11. The number of ether oxygens (including phenoxy) is 2. The first-order valence-electron chi connectivity index (χ1n) is 9.10. The van der Waals surface area contributed by atoms with Gasteiger partial charge in [-0.3, -0.25) is 14.4 Å². The molecule has 0 atom stereocenters. The van der Waals surface area contributed by atoms with E-state index in [2.05, 4.69) is 26.6 Å². The van der Waals surface area contributed by atoms with Crippen molar-refractivity contribution in [3.05, 3.63) is 63.8 Å². The Hall–Kier alpha value is -3.33. The summed E-state index contributed by atoms with van der Waals surface area (Å²) in [5, 5.41) is 14.0. The van der Waals surface area contributed by atoms with Crippen LogP contribution in [0.3, 0.4) is 0 Å². The zero-order chi connectivity index (χ0) is 21.5. The summed E-state index contributed by atoms with van der Waals surface area (Å²) >= 11 is 3.31. The summed E-state index contributed by atoms with van der Waals surface area (Å²) in [5.74, 6) is -0.776. The van der Waals surface area contributed by atoms with Crippen LogP contribution in [0.1, 0.15) is 28.8 Å². The molecule has 2 amide bonds. The SMILES string of the molecule is O=C(O)CCCNC(=O)C(=Cc1ccc2c(c1)OCO2)NC(=O)c1cccc(Br)c1. The number of carboxylic acids is 1. The number of hydrogen-bond donors (Lipinski definition) is 3. The molecule has 3 N–H and O–H groups in total. The molecule has 0 aromatic heterocycles. The van der Waals surface area contributed by atoms with Gasteiger partial charge >= 0.3 is 5.97 Å². The first-order valence-corrected chi connectivity index (χ1v) is 9.90. The number of carboxylic acid groups (broad SMARTS) is 1.